The Kier molecular flexibility index (Phi) is 4.94. The standard InChI is InChI=1S/C18H21N3O/c1-13-5-7-15(8-6-13)18(22)20-17-11-9-16(10-12-17)19-14(2)21(3)4/h5-12H,1-4H3,(H,20,22)/p+1. The lowest BCUT2D eigenvalue weighted by atomic mass is 10.1. The molecule has 4 nitrogen and oxygen atoms in total. The Balaban J connectivity index is 2.03. The second-order valence-corrected chi connectivity index (χ2v) is 5.50. The average molecular weight is 296 g/mol. The number of amidine groups is 1. The summed E-state index contributed by atoms with van der Waals surface area (Å²) in [4.78, 5) is 12.1. The number of amides is 1. The lowest BCUT2D eigenvalue weighted by molar-refractivity contribution is -0.464. The van der Waals surface area contributed by atoms with Gasteiger partial charge >= 0.3 is 0 Å². The number of rotatable bonds is 3. The van der Waals surface area contributed by atoms with Crippen LogP contribution in [-0.2, 0) is 0 Å². The number of hydrogen-bond donors (Lipinski definition) is 2. The third-order valence-electron chi connectivity index (χ3n) is 3.45. The van der Waals surface area contributed by atoms with Gasteiger partial charge in [0, 0.05) is 18.2 Å². The molecule has 22 heavy (non-hydrogen) atoms. The normalized spacial score (nSPS) is 10.0. The lowest BCUT2D eigenvalue weighted by Crippen LogP contribution is -2.18. The first-order valence-corrected chi connectivity index (χ1v) is 7.21. The Hall–Kier alpha value is -2.62. The van der Waals surface area contributed by atoms with E-state index in [1.807, 2.05) is 81.0 Å². The molecule has 0 aliphatic rings. The molecule has 0 saturated carbocycles. The summed E-state index contributed by atoms with van der Waals surface area (Å²) in [5.41, 5.74) is 3.56. The van der Waals surface area contributed by atoms with E-state index < -0.39 is 0 Å². The second kappa shape index (κ2) is 6.89. The number of hydrogen-bond acceptors (Lipinski definition) is 1. The molecule has 0 unspecified atom stereocenters. The molecule has 4 heteroatoms. The van der Waals surface area contributed by atoms with Crippen LogP contribution in [0.5, 0.6) is 0 Å². The van der Waals surface area contributed by atoms with Crippen LogP contribution in [0.15, 0.2) is 48.5 Å². The van der Waals surface area contributed by atoms with Crippen LogP contribution >= 0.6 is 0 Å². The van der Waals surface area contributed by atoms with E-state index in [1.165, 1.54) is 0 Å². The molecule has 0 spiro atoms. The van der Waals surface area contributed by atoms with Gasteiger partial charge in [-0.15, -0.1) is 0 Å². The Morgan fingerprint density at radius 1 is 0.864 bits per heavy atom. The minimum Gasteiger partial charge on any atom is -0.322 e. The van der Waals surface area contributed by atoms with E-state index in [2.05, 4.69) is 10.6 Å². The van der Waals surface area contributed by atoms with E-state index in [4.69, 9.17) is 0 Å². The van der Waals surface area contributed by atoms with Crippen LogP contribution in [0.1, 0.15) is 22.8 Å². The molecule has 0 aromatic heterocycles. The maximum Gasteiger partial charge on any atom is 0.255 e. The van der Waals surface area contributed by atoms with Gasteiger partial charge in [-0.25, -0.2) is 5.32 Å². The molecule has 0 saturated heterocycles. The highest BCUT2D eigenvalue weighted by Crippen LogP contribution is 2.15. The summed E-state index contributed by atoms with van der Waals surface area (Å²) < 4.78 is 2.01. The molecule has 0 fully saturated rings. The molecule has 2 N–H and O–H groups in total. The highest BCUT2D eigenvalue weighted by Gasteiger charge is 2.07. The predicted molar refractivity (Wildman–Crippen MR) is 92.0 cm³/mol. The van der Waals surface area contributed by atoms with E-state index >= 15 is 0 Å². The molecule has 2 aromatic rings. The van der Waals surface area contributed by atoms with Crippen LogP contribution < -0.4 is 10.6 Å². The number of nitrogens with zero attached hydrogens (tertiary/aromatic N) is 1. The maximum atomic E-state index is 12.1. The molecular formula is C18H22N3O+. The minimum atomic E-state index is -0.100. The molecule has 2 aromatic carbocycles. The summed E-state index contributed by atoms with van der Waals surface area (Å²) in [7, 11) is 3.97. The first-order chi connectivity index (χ1) is 10.5. The first-order valence-electron chi connectivity index (χ1n) is 7.21. The zero-order valence-electron chi connectivity index (χ0n) is 13.5. The SMILES string of the molecule is CC(Nc1ccc(NC(=O)c2ccc(C)cc2)cc1)=[N+](C)C. The van der Waals surface area contributed by atoms with Crippen molar-refractivity contribution in [2.45, 2.75) is 13.8 Å². The zero-order valence-corrected chi connectivity index (χ0v) is 13.5. The van der Waals surface area contributed by atoms with Gasteiger partial charge in [-0.2, -0.15) is 0 Å². The summed E-state index contributed by atoms with van der Waals surface area (Å²) >= 11 is 0. The molecule has 0 aliphatic heterocycles. The summed E-state index contributed by atoms with van der Waals surface area (Å²) in [6.07, 6.45) is 0. The van der Waals surface area contributed by atoms with E-state index in [0.29, 0.717) is 5.56 Å². The topological polar surface area (TPSA) is 44.1 Å². The van der Waals surface area contributed by atoms with Crippen LogP contribution in [0, 0.1) is 6.92 Å². The minimum absolute atomic E-state index is 0.100. The maximum absolute atomic E-state index is 12.1. The van der Waals surface area contributed by atoms with Gasteiger partial charge in [0.2, 0.25) is 5.84 Å². The molecular weight excluding hydrogens is 274 g/mol. The smallest absolute Gasteiger partial charge is 0.255 e. The molecule has 0 bridgehead atoms. The van der Waals surface area contributed by atoms with Gasteiger partial charge in [-0.3, -0.25) is 9.37 Å². The van der Waals surface area contributed by atoms with Crippen molar-refractivity contribution in [1.82, 2.24) is 0 Å². The molecule has 0 heterocycles. The Morgan fingerprint density at radius 3 is 1.86 bits per heavy atom. The Labute approximate surface area is 131 Å². The second-order valence-electron chi connectivity index (χ2n) is 5.50. The first kappa shape index (κ1) is 15.8. The Morgan fingerprint density at radius 2 is 1.36 bits per heavy atom. The quantitative estimate of drug-likeness (QED) is 0.518. The molecule has 0 atom stereocenters. The average Bonchev–Trinajstić information content (AvgIpc) is 2.49. The largest absolute Gasteiger partial charge is 0.322 e. The summed E-state index contributed by atoms with van der Waals surface area (Å²) in [5.74, 6) is 0.952. The van der Waals surface area contributed by atoms with Crippen molar-refractivity contribution in [1.29, 1.82) is 0 Å². The van der Waals surface area contributed by atoms with Gasteiger partial charge in [0.05, 0.1) is 14.1 Å². The van der Waals surface area contributed by atoms with Crippen molar-refractivity contribution in [2.75, 3.05) is 24.7 Å². The highest BCUT2D eigenvalue weighted by molar-refractivity contribution is 6.04. The predicted octanol–water partition coefficient (Wildman–Crippen LogP) is 3.35. The number of benzene rings is 2. The Bertz CT molecular complexity index is 681. The van der Waals surface area contributed by atoms with Crippen molar-refractivity contribution >= 4 is 23.1 Å². The molecule has 0 aliphatic carbocycles. The monoisotopic (exact) mass is 296 g/mol. The fourth-order valence-corrected chi connectivity index (χ4v) is 1.87. The molecule has 2 rings (SSSR count). The van der Waals surface area contributed by atoms with Gasteiger partial charge in [0.15, 0.2) is 0 Å². The van der Waals surface area contributed by atoms with Crippen molar-refractivity contribution in [3.63, 3.8) is 0 Å². The number of aryl methyl sites for hydroxylation is 1. The van der Waals surface area contributed by atoms with Crippen molar-refractivity contribution < 1.29 is 9.37 Å². The van der Waals surface area contributed by atoms with E-state index in [0.717, 1.165) is 22.8 Å². The summed E-state index contributed by atoms with van der Waals surface area (Å²) in [5, 5.41) is 6.19. The highest BCUT2D eigenvalue weighted by atomic mass is 16.1. The van der Waals surface area contributed by atoms with E-state index in [-0.39, 0.29) is 5.91 Å². The zero-order chi connectivity index (χ0) is 16.1. The summed E-state index contributed by atoms with van der Waals surface area (Å²) in [6, 6.07) is 15.2. The van der Waals surface area contributed by atoms with Crippen molar-refractivity contribution in [2.24, 2.45) is 0 Å². The lowest BCUT2D eigenvalue weighted by Gasteiger charge is -2.06. The van der Waals surface area contributed by atoms with Crippen LogP contribution in [0.4, 0.5) is 11.4 Å². The van der Waals surface area contributed by atoms with Gasteiger partial charge in [-0.1, -0.05) is 17.7 Å². The van der Waals surface area contributed by atoms with Gasteiger partial charge in [-0.05, 0) is 43.3 Å². The molecule has 0 radical (unpaired) electrons. The van der Waals surface area contributed by atoms with E-state index in [9.17, 15) is 4.79 Å². The number of nitrogens with one attached hydrogen (secondary N) is 2. The number of anilines is 2. The number of carbonyl (C=O) groups excluding carboxylic acids is 1. The third kappa shape index (κ3) is 4.19. The van der Waals surface area contributed by atoms with Crippen molar-refractivity contribution in [3.05, 3.63) is 59.7 Å². The van der Waals surface area contributed by atoms with Gasteiger partial charge in [0.25, 0.3) is 5.91 Å². The number of carbonyl (C=O) groups is 1. The van der Waals surface area contributed by atoms with Crippen LogP contribution in [-0.4, -0.2) is 30.4 Å². The van der Waals surface area contributed by atoms with E-state index in [1.54, 1.807) is 0 Å². The molecule has 1 amide bonds. The fourth-order valence-electron chi connectivity index (χ4n) is 1.87. The molecule has 114 valence electrons. The van der Waals surface area contributed by atoms with Crippen LogP contribution in [0.3, 0.4) is 0 Å². The van der Waals surface area contributed by atoms with Crippen molar-refractivity contribution in [3.8, 4) is 0 Å². The summed E-state index contributed by atoms with van der Waals surface area (Å²) in [6.45, 7) is 4.01. The third-order valence-corrected chi connectivity index (χ3v) is 3.45. The van der Waals surface area contributed by atoms with Crippen LogP contribution in [0.25, 0.3) is 0 Å². The fraction of sp³-hybridized carbons (Fsp3) is 0.222. The van der Waals surface area contributed by atoms with Crippen LogP contribution in [0.2, 0.25) is 0 Å². The van der Waals surface area contributed by atoms with Gasteiger partial charge < -0.3 is 5.32 Å². The van der Waals surface area contributed by atoms with Gasteiger partial charge in [0.1, 0.15) is 5.69 Å².